The number of carbonyl (C=O) groups excluding carboxylic acids is 1. The summed E-state index contributed by atoms with van der Waals surface area (Å²) in [7, 11) is 0. The Hall–Kier alpha value is -1.78. The molecule has 1 aromatic heterocycles. The number of pyridine rings is 1. The number of nitrogens with two attached hydrogens (primary N) is 1. The Morgan fingerprint density at radius 1 is 1.44 bits per heavy atom. The maximum Gasteiger partial charge on any atom is 0.242 e. The maximum atomic E-state index is 11.8. The minimum atomic E-state index is -0.321. The number of nitrogens with one attached hydrogen (secondary N) is 2. The van der Waals surface area contributed by atoms with E-state index in [2.05, 4.69) is 29.5 Å². The number of nitrogens with zero attached hydrogens (tertiary/aromatic N) is 1. The molecule has 1 rings (SSSR count). The molecule has 0 radical (unpaired) electrons. The second-order valence-electron chi connectivity index (χ2n) is 4.94. The standard InChI is InChI=1S/C13H22N4O/c1-8(2)6-16-13(18)10(4)17-12-9(3)5-11(14)7-15-12/h5,7-8,10H,6,14H2,1-4H3,(H,15,17)(H,16,18). The van der Waals surface area contributed by atoms with Crippen molar-refractivity contribution in [1.29, 1.82) is 0 Å². The Morgan fingerprint density at radius 3 is 2.67 bits per heavy atom. The van der Waals surface area contributed by atoms with Crippen molar-refractivity contribution in [2.75, 3.05) is 17.6 Å². The average Bonchev–Trinajstić information content (AvgIpc) is 2.29. The lowest BCUT2D eigenvalue weighted by Gasteiger charge is -2.17. The maximum absolute atomic E-state index is 11.8. The van der Waals surface area contributed by atoms with Crippen molar-refractivity contribution in [3.8, 4) is 0 Å². The normalized spacial score (nSPS) is 12.3. The fourth-order valence-corrected chi connectivity index (χ4v) is 1.48. The summed E-state index contributed by atoms with van der Waals surface area (Å²) in [6.07, 6.45) is 1.58. The lowest BCUT2D eigenvalue weighted by atomic mass is 10.2. The zero-order valence-electron chi connectivity index (χ0n) is 11.4. The van der Waals surface area contributed by atoms with E-state index in [9.17, 15) is 4.79 Å². The molecule has 18 heavy (non-hydrogen) atoms. The summed E-state index contributed by atoms with van der Waals surface area (Å²) in [5, 5.41) is 5.96. The fraction of sp³-hybridized carbons (Fsp3) is 0.538. The van der Waals surface area contributed by atoms with Gasteiger partial charge in [-0.15, -0.1) is 0 Å². The molecular weight excluding hydrogens is 228 g/mol. The molecule has 0 bridgehead atoms. The van der Waals surface area contributed by atoms with E-state index >= 15 is 0 Å². The van der Waals surface area contributed by atoms with Gasteiger partial charge in [0.05, 0.1) is 11.9 Å². The van der Waals surface area contributed by atoms with E-state index in [1.165, 1.54) is 0 Å². The van der Waals surface area contributed by atoms with Crippen molar-refractivity contribution >= 4 is 17.4 Å². The van der Waals surface area contributed by atoms with Gasteiger partial charge in [-0.05, 0) is 31.4 Å². The first-order valence-electron chi connectivity index (χ1n) is 6.16. The Morgan fingerprint density at radius 2 is 2.11 bits per heavy atom. The van der Waals surface area contributed by atoms with Crippen molar-refractivity contribution in [2.24, 2.45) is 5.92 Å². The topological polar surface area (TPSA) is 80.0 Å². The van der Waals surface area contributed by atoms with E-state index in [1.807, 2.05) is 19.9 Å². The van der Waals surface area contributed by atoms with E-state index in [0.717, 1.165) is 5.56 Å². The third-order valence-corrected chi connectivity index (χ3v) is 2.53. The van der Waals surface area contributed by atoms with Gasteiger partial charge in [0.2, 0.25) is 5.91 Å². The first kappa shape index (κ1) is 14.3. The molecule has 0 aliphatic rings. The van der Waals surface area contributed by atoms with Crippen LogP contribution in [0.5, 0.6) is 0 Å². The minimum Gasteiger partial charge on any atom is -0.397 e. The van der Waals surface area contributed by atoms with Crippen LogP contribution in [0.4, 0.5) is 11.5 Å². The number of carbonyl (C=O) groups is 1. The number of aromatic nitrogens is 1. The van der Waals surface area contributed by atoms with Crippen LogP contribution < -0.4 is 16.4 Å². The van der Waals surface area contributed by atoms with Crippen LogP contribution in [-0.2, 0) is 4.79 Å². The van der Waals surface area contributed by atoms with Crippen molar-refractivity contribution in [2.45, 2.75) is 33.7 Å². The quantitative estimate of drug-likeness (QED) is 0.740. The largest absolute Gasteiger partial charge is 0.397 e. The van der Waals surface area contributed by atoms with E-state index in [4.69, 9.17) is 5.73 Å². The lowest BCUT2D eigenvalue weighted by Crippen LogP contribution is -2.39. The van der Waals surface area contributed by atoms with Crippen LogP contribution >= 0.6 is 0 Å². The highest BCUT2D eigenvalue weighted by Gasteiger charge is 2.14. The summed E-state index contributed by atoms with van der Waals surface area (Å²) in [5.74, 6) is 1.11. The number of hydrogen-bond acceptors (Lipinski definition) is 4. The summed E-state index contributed by atoms with van der Waals surface area (Å²) in [5.41, 5.74) is 7.18. The molecule has 0 spiro atoms. The molecule has 0 aliphatic carbocycles. The van der Waals surface area contributed by atoms with Crippen molar-refractivity contribution < 1.29 is 4.79 Å². The molecule has 0 fully saturated rings. The Kier molecular flexibility index (Phi) is 4.95. The molecule has 1 unspecified atom stereocenters. The highest BCUT2D eigenvalue weighted by Crippen LogP contribution is 2.14. The van der Waals surface area contributed by atoms with E-state index in [1.54, 1.807) is 6.20 Å². The minimum absolute atomic E-state index is 0.0262. The van der Waals surface area contributed by atoms with Gasteiger partial charge in [0.15, 0.2) is 0 Å². The molecule has 0 saturated heterocycles. The second kappa shape index (κ2) is 6.23. The molecule has 100 valence electrons. The summed E-state index contributed by atoms with van der Waals surface area (Å²) in [4.78, 5) is 16.0. The summed E-state index contributed by atoms with van der Waals surface area (Å²) in [6, 6.07) is 1.51. The van der Waals surface area contributed by atoms with Crippen molar-refractivity contribution in [3.63, 3.8) is 0 Å². The predicted octanol–water partition coefficient (Wildman–Crippen LogP) is 1.54. The molecule has 0 aromatic carbocycles. The lowest BCUT2D eigenvalue weighted by molar-refractivity contribution is -0.121. The van der Waals surface area contributed by atoms with Gasteiger partial charge in [0.1, 0.15) is 11.9 Å². The van der Waals surface area contributed by atoms with Gasteiger partial charge in [-0.1, -0.05) is 13.8 Å². The number of aryl methyl sites for hydroxylation is 1. The first-order chi connectivity index (χ1) is 8.40. The van der Waals surface area contributed by atoms with E-state index < -0.39 is 0 Å². The monoisotopic (exact) mass is 250 g/mol. The van der Waals surface area contributed by atoms with Gasteiger partial charge >= 0.3 is 0 Å². The summed E-state index contributed by atoms with van der Waals surface area (Å²) < 4.78 is 0. The molecule has 1 aromatic rings. The Balaban J connectivity index is 2.58. The molecular formula is C13H22N4O. The van der Waals surface area contributed by atoms with Crippen LogP contribution in [0, 0.1) is 12.8 Å². The number of amides is 1. The summed E-state index contributed by atoms with van der Waals surface area (Å²) >= 11 is 0. The predicted molar refractivity (Wildman–Crippen MR) is 74.3 cm³/mol. The molecule has 1 heterocycles. The molecule has 5 heteroatoms. The van der Waals surface area contributed by atoms with Crippen LogP contribution in [0.2, 0.25) is 0 Å². The average molecular weight is 250 g/mol. The molecule has 4 N–H and O–H groups in total. The third kappa shape index (κ3) is 4.24. The first-order valence-corrected chi connectivity index (χ1v) is 6.16. The molecule has 1 atom stereocenters. The van der Waals surface area contributed by atoms with Crippen LogP contribution in [0.1, 0.15) is 26.3 Å². The van der Waals surface area contributed by atoms with E-state index in [0.29, 0.717) is 24.0 Å². The van der Waals surface area contributed by atoms with Gasteiger partial charge in [-0.2, -0.15) is 0 Å². The fourth-order valence-electron chi connectivity index (χ4n) is 1.48. The Bertz CT molecular complexity index is 417. The molecule has 1 amide bonds. The smallest absolute Gasteiger partial charge is 0.242 e. The Labute approximate surface area is 108 Å². The van der Waals surface area contributed by atoms with Crippen LogP contribution in [-0.4, -0.2) is 23.5 Å². The van der Waals surface area contributed by atoms with Crippen molar-refractivity contribution in [3.05, 3.63) is 17.8 Å². The number of anilines is 2. The van der Waals surface area contributed by atoms with Gasteiger partial charge in [-0.3, -0.25) is 4.79 Å². The van der Waals surface area contributed by atoms with E-state index in [-0.39, 0.29) is 11.9 Å². The summed E-state index contributed by atoms with van der Waals surface area (Å²) in [6.45, 7) is 8.52. The zero-order valence-corrected chi connectivity index (χ0v) is 11.4. The SMILES string of the molecule is Cc1cc(N)cnc1NC(C)C(=O)NCC(C)C. The number of nitrogen functional groups attached to an aromatic ring is 1. The molecule has 5 nitrogen and oxygen atoms in total. The van der Waals surface area contributed by atoms with Crippen LogP contribution in [0.15, 0.2) is 12.3 Å². The molecule has 0 saturated carbocycles. The molecule has 0 aliphatic heterocycles. The van der Waals surface area contributed by atoms with Crippen LogP contribution in [0.25, 0.3) is 0 Å². The van der Waals surface area contributed by atoms with Gasteiger partial charge < -0.3 is 16.4 Å². The van der Waals surface area contributed by atoms with Gasteiger partial charge in [-0.25, -0.2) is 4.98 Å². The number of rotatable bonds is 5. The zero-order chi connectivity index (χ0) is 13.7. The highest BCUT2D eigenvalue weighted by atomic mass is 16.2. The number of hydrogen-bond donors (Lipinski definition) is 3. The third-order valence-electron chi connectivity index (χ3n) is 2.53. The van der Waals surface area contributed by atoms with Gasteiger partial charge in [0.25, 0.3) is 0 Å². The second-order valence-corrected chi connectivity index (χ2v) is 4.94. The van der Waals surface area contributed by atoms with Crippen molar-refractivity contribution in [1.82, 2.24) is 10.3 Å². The highest BCUT2D eigenvalue weighted by molar-refractivity contribution is 5.84. The van der Waals surface area contributed by atoms with Gasteiger partial charge in [0, 0.05) is 6.54 Å². The van der Waals surface area contributed by atoms with Crippen LogP contribution in [0.3, 0.4) is 0 Å².